The van der Waals surface area contributed by atoms with Gasteiger partial charge in [0, 0.05) is 12.8 Å². The average Bonchev–Trinajstić information content (AvgIpc) is 2.79. The van der Waals surface area contributed by atoms with Crippen molar-refractivity contribution >= 4 is 24.6 Å². The molecule has 3 rings (SSSR count). The number of nitrogens with one attached hydrogen (secondary N) is 2. The minimum Gasteiger partial charge on any atom is -0.479 e. The number of anilines is 1. The van der Waals surface area contributed by atoms with E-state index in [4.69, 9.17) is 9.47 Å². The first-order valence-electron chi connectivity index (χ1n) is 9.85. The first-order valence-corrected chi connectivity index (χ1v) is 9.85. The zero-order chi connectivity index (χ0) is 21.2. The number of hydrogen-bond donors (Lipinski definition) is 3. The van der Waals surface area contributed by atoms with Crippen molar-refractivity contribution in [1.82, 2.24) is 10.1 Å². The number of ether oxygens (including phenoxy) is 2. The summed E-state index contributed by atoms with van der Waals surface area (Å²) in [5, 5.41) is 15.3. The summed E-state index contributed by atoms with van der Waals surface area (Å²) in [5.41, 5.74) is -0.904. The third-order valence-corrected chi connectivity index (χ3v) is 5.71. The van der Waals surface area contributed by atoms with Gasteiger partial charge in [0.05, 0.1) is 24.9 Å². The predicted molar refractivity (Wildman–Crippen MR) is 106 cm³/mol. The van der Waals surface area contributed by atoms with Crippen molar-refractivity contribution in [3.63, 3.8) is 0 Å². The number of amides is 2. The van der Waals surface area contributed by atoms with Gasteiger partial charge in [0.2, 0.25) is 5.91 Å². The maximum Gasteiger partial charge on any atom is 0.376 e. The minimum absolute atomic E-state index is 0.0346. The molecule has 158 valence electrons. The van der Waals surface area contributed by atoms with Crippen molar-refractivity contribution in [1.29, 1.82) is 0 Å². The van der Waals surface area contributed by atoms with Gasteiger partial charge < -0.3 is 29.9 Å². The molecular formula is C19H27BFN3O5. The molecule has 2 atom stereocenters. The van der Waals surface area contributed by atoms with Crippen LogP contribution in [0.25, 0.3) is 0 Å². The van der Waals surface area contributed by atoms with Crippen molar-refractivity contribution in [2.45, 2.75) is 50.7 Å². The van der Waals surface area contributed by atoms with Gasteiger partial charge in [0.15, 0.2) is 11.6 Å². The highest BCUT2D eigenvalue weighted by Gasteiger charge is 2.50. The van der Waals surface area contributed by atoms with Gasteiger partial charge in [0.25, 0.3) is 5.91 Å². The summed E-state index contributed by atoms with van der Waals surface area (Å²) in [6.45, 7) is 4.04. The molecule has 0 saturated carbocycles. The largest absolute Gasteiger partial charge is 0.479 e. The summed E-state index contributed by atoms with van der Waals surface area (Å²) in [4.78, 5) is 27.6. The van der Waals surface area contributed by atoms with E-state index in [0.717, 1.165) is 0 Å². The zero-order valence-corrected chi connectivity index (χ0v) is 16.9. The van der Waals surface area contributed by atoms with Crippen LogP contribution in [0.2, 0.25) is 6.82 Å². The van der Waals surface area contributed by atoms with Crippen LogP contribution in [-0.4, -0.2) is 66.6 Å². The van der Waals surface area contributed by atoms with Gasteiger partial charge in [-0.05, 0) is 32.4 Å². The Morgan fingerprint density at radius 2 is 2.17 bits per heavy atom. The van der Waals surface area contributed by atoms with Crippen molar-refractivity contribution in [2.75, 3.05) is 25.6 Å². The number of nitrogens with zero attached hydrogens (tertiary/aromatic N) is 1. The molecule has 0 aromatic heterocycles. The lowest BCUT2D eigenvalue weighted by Gasteiger charge is -2.41. The van der Waals surface area contributed by atoms with Crippen molar-refractivity contribution in [3.05, 3.63) is 24.0 Å². The molecule has 2 heterocycles. The average molecular weight is 407 g/mol. The Balaban J connectivity index is 1.94. The monoisotopic (exact) mass is 407 g/mol. The maximum atomic E-state index is 14.5. The predicted octanol–water partition coefficient (Wildman–Crippen LogP) is 1.01. The van der Waals surface area contributed by atoms with E-state index in [1.165, 1.54) is 16.9 Å². The highest BCUT2D eigenvalue weighted by Crippen LogP contribution is 2.39. The van der Waals surface area contributed by atoms with Gasteiger partial charge in [0.1, 0.15) is 11.6 Å². The molecular weight excluding hydrogens is 380 g/mol. The smallest absolute Gasteiger partial charge is 0.376 e. The molecule has 0 bridgehead atoms. The van der Waals surface area contributed by atoms with Gasteiger partial charge >= 0.3 is 7.05 Å². The van der Waals surface area contributed by atoms with E-state index in [9.17, 15) is 19.0 Å². The Morgan fingerprint density at radius 1 is 1.48 bits per heavy atom. The topological polar surface area (TPSA) is 100 Å². The summed E-state index contributed by atoms with van der Waals surface area (Å²) in [6, 6.07) is 2.63. The molecule has 0 radical (unpaired) electrons. The lowest BCUT2D eigenvalue weighted by molar-refractivity contribution is -0.138. The van der Waals surface area contributed by atoms with Crippen LogP contribution in [0.4, 0.5) is 10.1 Å². The van der Waals surface area contributed by atoms with E-state index in [2.05, 4.69) is 10.6 Å². The lowest BCUT2D eigenvalue weighted by Crippen LogP contribution is -2.64. The molecule has 1 fully saturated rings. The van der Waals surface area contributed by atoms with Crippen LogP contribution in [0.1, 0.15) is 26.2 Å². The quantitative estimate of drug-likeness (QED) is 0.631. The molecule has 1 aromatic rings. The molecule has 2 aliphatic rings. The number of rotatable bonds is 5. The molecule has 1 spiro atoms. The summed E-state index contributed by atoms with van der Waals surface area (Å²) in [5.74, 6) is -1.50. The summed E-state index contributed by atoms with van der Waals surface area (Å²) < 4.78 is 26.0. The molecule has 3 N–H and O–H groups in total. The maximum absolute atomic E-state index is 14.5. The van der Waals surface area contributed by atoms with E-state index in [1.807, 2.05) is 6.92 Å². The SMILES string of the molecule is CC[C@@H](C(=O)N[C@@H]1C(=O)Nc2cccc(F)c2OC12CCOCC2)N(C)B(C)O. The number of fused-ring (bicyclic) bond motifs is 1. The van der Waals surface area contributed by atoms with Crippen LogP contribution in [0.3, 0.4) is 0 Å². The summed E-state index contributed by atoms with van der Waals surface area (Å²) in [7, 11) is 0.803. The highest BCUT2D eigenvalue weighted by molar-refractivity contribution is 6.45. The van der Waals surface area contributed by atoms with Gasteiger partial charge in [-0.2, -0.15) is 0 Å². The molecule has 8 nitrogen and oxygen atoms in total. The molecule has 2 aliphatic heterocycles. The van der Waals surface area contributed by atoms with Crippen LogP contribution >= 0.6 is 0 Å². The van der Waals surface area contributed by atoms with Gasteiger partial charge in [-0.15, -0.1) is 0 Å². The second kappa shape index (κ2) is 8.68. The second-order valence-electron chi connectivity index (χ2n) is 7.55. The third kappa shape index (κ3) is 4.24. The van der Waals surface area contributed by atoms with E-state index in [-0.39, 0.29) is 11.4 Å². The van der Waals surface area contributed by atoms with Crippen LogP contribution in [0, 0.1) is 5.82 Å². The third-order valence-electron chi connectivity index (χ3n) is 5.71. The Morgan fingerprint density at radius 3 is 2.79 bits per heavy atom. The molecule has 1 saturated heterocycles. The van der Waals surface area contributed by atoms with Gasteiger partial charge in [-0.25, -0.2) is 4.39 Å². The van der Waals surface area contributed by atoms with E-state index < -0.39 is 42.4 Å². The van der Waals surface area contributed by atoms with Crippen molar-refractivity contribution < 1.29 is 28.5 Å². The van der Waals surface area contributed by atoms with Gasteiger partial charge in [-0.1, -0.05) is 13.0 Å². The van der Waals surface area contributed by atoms with Crippen molar-refractivity contribution in [3.8, 4) is 5.75 Å². The Bertz CT molecular complexity index is 772. The summed E-state index contributed by atoms with van der Waals surface area (Å²) in [6.07, 6.45) is 1.08. The zero-order valence-electron chi connectivity index (χ0n) is 16.9. The molecule has 0 unspecified atom stereocenters. The number of hydrogen-bond acceptors (Lipinski definition) is 6. The van der Waals surface area contributed by atoms with Crippen LogP contribution in [0.15, 0.2) is 18.2 Å². The molecule has 0 aliphatic carbocycles. The Kier molecular flexibility index (Phi) is 6.45. The van der Waals surface area contributed by atoms with Crippen LogP contribution in [0.5, 0.6) is 5.75 Å². The normalized spacial score (nSPS) is 21.6. The first-order chi connectivity index (χ1) is 13.8. The first kappa shape index (κ1) is 21.5. The van der Waals surface area contributed by atoms with Crippen LogP contribution < -0.4 is 15.4 Å². The Hall–Kier alpha value is -2.17. The molecule has 2 amide bonds. The number of halogens is 1. The number of carbonyl (C=O) groups is 2. The summed E-state index contributed by atoms with van der Waals surface area (Å²) >= 11 is 0. The minimum atomic E-state index is -1.13. The fourth-order valence-corrected chi connectivity index (χ4v) is 3.88. The number of para-hydroxylation sites is 1. The molecule has 29 heavy (non-hydrogen) atoms. The highest BCUT2D eigenvalue weighted by atomic mass is 19.1. The molecule has 10 heteroatoms. The second-order valence-corrected chi connectivity index (χ2v) is 7.55. The lowest BCUT2D eigenvalue weighted by atomic mass is 9.82. The number of likely N-dealkylation sites (N-methyl/N-ethyl adjacent to an activating group) is 1. The number of carbonyl (C=O) groups excluding carboxylic acids is 2. The van der Waals surface area contributed by atoms with Crippen molar-refractivity contribution in [2.24, 2.45) is 0 Å². The fourth-order valence-electron chi connectivity index (χ4n) is 3.88. The van der Waals surface area contributed by atoms with Gasteiger partial charge in [-0.3, -0.25) is 9.59 Å². The fraction of sp³-hybridized carbons (Fsp3) is 0.579. The number of benzene rings is 1. The Labute approximate surface area is 169 Å². The standard InChI is InChI=1S/C19H27BFN3O5/c1-4-14(24(3)20(2)27)17(25)23-16-18(26)22-13-7-5-6-12(21)15(13)29-19(16)8-10-28-11-9-19/h5-7,14,16,27H,4,8-11H2,1-3H3,(H,22,26)(H,23,25)/t14-,16+/m0/s1. The van der Waals surface area contributed by atoms with E-state index >= 15 is 0 Å². The molecule has 1 aromatic carbocycles. The van der Waals surface area contributed by atoms with E-state index in [0.29, 0.717) is 32.5 Å². The van der Waals surface area contributed by atoms with E-state index in [1.54, 1.807) is 19.9 Å². The van der Waals surface area contributed by atoms with Crippen LogP contribution in [-0.2, 0) is 14.3 Å².